The summed E-state index contributed by atoms with van der Waals surface area (Å²) >= 11 is 0. The molecule has 7 heteroatoms. The van der Waals surface area contributed by atoms with E-state index in [4.69, 9.17) is 4.74 Å². The van der Waals surface area contributed by atoms with Crippen LogP contribution in [0.2, 0.25) is 0 Å². The maximum Gasteiger partial charge on any atom is 0.309 e. The van der Waals surface area contributed by atoms with Crippen LogP contribution in [0.3, 0.4) is 0 Å². The Bertz CT molecular complexity index is 830. The standard InChI is InChI=1S/C19H22N2O4S/c22-19(15-7-3-1-4-8-15)25-14-17-12-11-16(13-20-17)21-26(23,24)18-9-5-2-6-10-18/h2,5-6,9-13,15,21H,1,3-4,7-8,14H2. The van der Waals surface area contributed by atoms with Gasteiger partial charge in [0.15, 0.2) is 0 Å². The minimum Gasteiger partial charge on any atom is -0.459 e. The quantitative estimate of drug-likeness (QED) is 0.782. The van der Waals surface area contributed by atoms with Crippen LogP contribution in [0.5, 0.6) is 0 Å². The lowest BCUT2D eigenvalue weighted by molar-refractivity contribution is -0.151. The number of carbonyl (C=O) groups is 1. The Labute approximate surface area is 153 Å². The summed E-state index contributed by atoms with van der Waals surface area (Å²) in [6.07, 6.45) is 6.55. The van der Waals surface area contributed by atoms with Gasteiger partial charge < -0.3 is 4.74 Å². The van der Waals surface area contributed by atoms with Crippen LogP contribution in [-0.4, -0.2) is 19.4 Å². The Morgan fingerprint density at radius 2 is 1.81 bits per heavy atom. The Morgan fingerprint density at radius 3 is 2.46 bits per heavy atom. The highest BCUT2D eigenvalue weighted by Gasteiger charge is 2.22. The van der Waals surface area contributed by atoms with Crippen LogP contribution in [0.4, 0.5) is 5.69 Å². The van der Waals surface area contributed by atoms with Crippen LogP contribution in [0.1, 0.15) is 37.8 Å². The molecule has 1 aliphatic rings. The number of benzene rings is 1. The fourth-order valence-electron chi connectivity index (χ4n) is 2.99. The summed E-state index contributed by atoms with van der Waals surface area (Å²) in [5, 5.41) is 0. The van der Waals surface area contributed by atoms with E-state index in [1.807, 2.05) is 0 Å². The van der Waals surface area contributed by atoms with E-state index >= 15 is 0 Å². The number of sulfonamides is 1. The van der Waals surface area contributed by atoms with Crippen molar-refractivity contribution in [3.05, 3.63) is 54.4 Å². The molecule has 1 N–H and O–H groups in total. The second kappa shape index (κ2) is 8.31. The highest BCUT2D eigenvalue weighted by Crippen LogP contribution is 2.25. The largest absolute Gasteiger partial charge is 0.459 e. The summed E-state index contributed by atoms with van der Waals surface area (Å²) in [7, 11) is -3.64. The normalized spacial score (nSPS) is 15.4. The lowest BCUT2D eigenvalue weighted by atomic mass is 9.89. The minimum absolute atomic E-state index is 0.000653. The topological polar surface area (TPSA) is 85.4 Å². The zero-order valence-electron chi connectivity index (χ0n) is 14.4. The summed E-state index contributed by atoms with van der Waals surface area (Å²) < 4.78 is 32.4. The Hall–Kier alpha value is -2.41. The fourth-order valence-corrected chi connectivity index (χ4v) is 4.05. The molecule has 0 radical (unpaired) electrons. The van der Waals surface area contributed by atoms with E-state index in [1.165, 1.54) is 24.8 Å². The first kappa shape index (κ1) is 18.4. The number of pyridine rings is 1. The monoisotopic (exact) mass is 374 g/mol. The highest BCUT2D eigenvalue weighted by atomic mass is 32.2. The van der Waals surface area contributed by atoms with Gasteiger partial charge in [-0.15, -0.1) is 0 Å². The van der Waals surface area contributed by atoms with E-state index in [2.05, 4.69) is 9.71 Å². The molecule has 0 aliphatic heterocycles. The molecule has 1 aromatic carbocycles. The van der Waals surface area contributed by atoms with Crippen molar-refractivity contribution in [3.8, 4) is 0 Å². The number of esters is 1. The van der Waals surface area contributed by atoms with E-state index in [0.717, 1.165) is 25.7 Å². The zero-order valence-corrected chi connectivity index (χ0v) is 15.2. The molecule has 0 atom stereocenters. The van der Waals surface area contributed by atoms with Crippen LogP contribution in [0.15, 0.2) is 53.6 Å². The molecule has 0 bridgehead atoms. The van der Waals surface area contributed by atoms with Gasteiger partial charge in [0.2, 0.25) is 0 Å². The molecule has 0 saturated heterocycles. The molecular weight excluding hydrogens is 352 g/mol. The van der Waals surface area contributed by atoms with Gasteiger partial charge in [0.25, 0.3) is 10.0 Å². The smallest absolute Gasteiger partial charge is 0.309 e. The van der Waals surface area contributed by atoms with Gasteiger partial charge in [-0.3, -0.25) is 14.5 Å². The van der Waals surface area contributed by atoms with Crippen molar-refractivity contribution < 1.29 is 17.9 Å². The van der Waals surface area contributed by atoms with Gasteiger partial charge in [-0.25, -0.2) is 8.42 Å². The average molecular weight is 374 g/mol. The molecule has 6 nitrogen and oxygen atoms in total. The first-order valence-corrected chi connectivity index (χ1v) is 10.2. The third kappa shape index (κ3) is 4.82. The summed E-state index contributed by atoms with van der Waals surface area (Å²) in [5.74, 6) is -0.166. The Morgan fingerprint density at radius 1 is 1.08 bits per heavy atom. The third-order valence-electron chi connectivity index (χ3n) is 4.43. The van der Waals surface area contributed by atoms with Gasteiger partial charge in [0.05, 0.1) is 28.4 Å². The second-order valence-electron chi connectivity index (χ2n) is 6.40. The predicted octanol–water partition coefficient (Wildman–Crippen LogP) is 3.51. The Balaban J connectivity index is 1.56. The molecule has 138 valence electrons. The van der Waals surface area contributed by atoms with Crippen molar-refractivity contribution in [2.45, 2.75) is 43.6 Å². The van der Waals surface area contributed by atoms with Gasteiger partial charge >= 0.3 is 5.97 Å². The van der Waals surface area contributed by atoms with Crippen molar-refractivity contribution in [2.24, 2.45) is 5.92 Å². The molecule has 1 saturated carbocycles. The number of hydrogen-bond acceptors (Lipinski definition) is 5. The van der Waals surface area contributed by atoms with E-state index < -0.39 is 10.0 Å². The highest BCUT2D eigenvalue weighted by molar-refractivity contribution is 7.92. The first-order chi connectivity index (χ1) is 12.5. The summed E-state index contributed by atoms with van der Waals surface area (Å²) in [6.45, 7) is 0.0983. The molecule has 1 heterocycles. The summed E-state index contributed by atoms with van der Waals surface area (Å²) in [5.41, 5.74) is 0.938. The third-order valence-corrected chi connectivity index (χ3v) is 5.83. The molecule has 2 aromatic rings. The number of aromatic nitrogens is 1. The van der Waals surface area contributed by atoms with Crippen LogP contribution >= 0.6 is 0 Å². The molecule has 1 aliphatic carbocycles. The number of carbonyl (C=O) groups excluding carboxylic acids is 1. The maximum atomic E-state index is 12.3. The van der Waals surface area contributed by atoms with Gasteiger partial charge in [-0.1, -0.05) is 37.5 Å². The van der Waals surface area contributed by atoms with Crippen molar-refractivity contribution in [3.63, 3.8) is 0 Å². The van der Waals surface area contributed by atoms with Gasteiger partial charge in [0, 0.05) is 0 Å². The lowest BCUT2D eigenvalue weighted by Crippen LogP contribution is -2.20. The maximum absolute atomic E-state index is 12.3. The molecule has 26 heavy (non-hydrogen) atoms. The van der Waals surface area contributed by atoms with E-state index in [0.29, 0.717) is 11.4 Å². The van der Waals surface area contributed by atoms with Crippen molar-refractivity contribution in [1.82, 2.24) is 4.98 Å². The minimum atomic E-state index is -3.64. The number of rotatable bonds is 6. The van der Waals surface area contributed by atoms with Crippen LogP contribution < -0.4 is 4.72 Å². The molecule has 1 fully saturated rings. The second-order valence-corrected chi connectivity index (χ2v) is 8.08. The number of nitrogens with one attached hydrogen (secondary N) is 1. The fraction of sp³-hybridized carbons (Fsp3) is 0.368. The first-order valence-electron chi connectivity index (χ1n) is 8.74. The zero-order chi connectivity index (χ0) is 18.4. The number of nitrogens with zero attached hydrogens (tertiary/aromatic N) is 1. The molecular formula is C19H22N2O4S. The number of ether oxygens (including phenoxy) is 1. The predicted molar refractivity (Wildman–Crippen MR) is 97.9 cm³/mol. The van der Waals surface area contributed by atoms with E-state index in [1.54, 1.807) is 30.3 Å². The van der Waals surface area contributed by atoms with Crippen molar-refractivity contribution in [2.75, 3.05) is 4.72 Å². The van der Waals surface area contributed by atoms with Gasteiger partial charge in [-0.05, 0) is 37.1 Å². The SMILES string of the molecule is O=C(OCc1ccc(NS(=O)(=O)c2ccccc2)cn1)C1CCCCC1. The van der Waals surface area contributed by atoms with Crippen molar-refractivity contribution in [1.29, 1.82) is 0 Å². The molecule has 0 amide bonds. The van der Waals surface area contributed by atoms with E-state index in [9.17, 15) is 13.2 Å². The van der Waals surface area contributed by atoms with Crippen LogP contribution in [-0.2, 0) is 26.2 Å². The molecule has 3 rings (SSSR count). The summed E-state index contributed by atoms with van der Waals surface area (Å²) in [4.78, 5) is 16.4. The van der Waals surface area contributed by atoms with Crippen LogP contribution in [0.25, 0.3) is 0 Å². The molecule has 0 spiro atoms. The van der Waals surface area contributed by atoms with Gasteiger partial charge in [-0.2, -0.15) is 0 Å². The van der Waals surface area contributed by atoms with Gasteiger partial charge in [0.1, 0.15) is 6.61 Å². The average Bonchev–Trinajstić information content (AvgIpc) is 2.68. The van der Waals surface area contributed by atoms with Crippen molar-refractivity contribution >= 4 is 21.7 Å². The molecule has 0 unspecified atom stereocenters. The number of anilines is 1. The number of hydrogen-bond donors (Lipinski definition) is 1. The Kier molecular flexibility index (Phi) is 5.88. The van der Waals surface area contributed by atoms with Crippen LogP contribution in [0, 0.1) is 5.92 Å². The lowest BCUT2D eigenvalue weighted by Gasteiger charge is -2.19. The van der Waals surface area contributed by atoms with E-state index in [-0.39, 0.29) is 23.4 Å². The molecule has 1 aromatic heterocycles. The summed E-state index contributed by atoms with van der Waals surface area (Å²) in [6, 6.07) is 11.4.